The standard InChI is InChI=1S/C12H21N3S/c1-9-12(16-8-14-9)7-15(2)11-6-4-3-5-10(11)13/h8,10-11H,3-7,13H2,1-2H3. The molecule has 1 aromatic heterocycles. The number of thiazole rings is 1. The Morgan fingerprint density at radius 3 is 2.88 bits per heavy atom. The van der Waals surface area contributed by atoms with Gasteiger partial charge in [0.25, 0.3) is 0 Å². The van der Waals surface area contributed by atoms with Crippen LogP contribution in [0.25, 0.3) is 0 Å². The molecule has 1 aromatic rings. The maximum Gasteiger partial charge on any atom is 0.0798 e. The molecule has 3 nitrogen and oxygen atoms in total. The lowest BCUT2D eigenvalue weighted by Crippen LogP contribution is -2.47. The summed E-state index contributed by atoms with van der Waals surface area (Å²) >= 11 is 1.75. The van der Waals surface area contributed by atoms with Gasteiger partial charge in [0, 0.05) is 23.5 Å². The molecule has 0 aliphatic heterocycles. The summed E-state index contributed by atoms with van der Waals surface area (Å²) in [5.74, 6) is 0. The van der Waals surface area contributed by atoms with Gasteiger partial charge in [-0.15, -0.1) is 11.3 Å². The van der Waals surface area contributed by atoms with Crippen molar-refractivity contribution in [2.75, 3.05) is 7.05 Å². The predicted octanol–water partition coefficient (Wildman–Crippen LogP) is 2.15. The lowest BCUT2D eigenvalue weighted by molar-refractivity contribution is 0.163. The third-order valence-electron chi connectivity index (χ3n) is 3.59. The van der Waals surface area contributed by atoms with Crippen molar-refractivity contribution in [2.24, 2.45) is 5.73 Å². The van der Waals surface area contributed by atoms with E-state index >= 15 is 0 Å². The number of hydrogen-bond donors (Lipinski definition) is 1. The molecule has 0 aromatic carbocycles. The highest BCUT2D eigenvalue weighted by Crippen LogP contribution is 2.23. The maximum atomic E-state index is 6.19. The van der Waals surface area contributed by atoms with E-state index in [-0.39, 0.29) is 0 Å². The second kappa shape index (κ2) is 5.25. The minimum absolute atomic E-state index is 0.354. The third kappa shape index (κ3) is 2.62. The van der Waals surface area contributed by atoms with Gasteiger partial charge in [-0.25, -0.2) is 4.98 Å². The van der Waals surface area contributed by atoms with Gasteiger partial charge < -0.3 is 5.73 Å². The fraction of sp³-hybridized carbons (Fsp3) is 0.750. The molecule has 0 amide bonds. The molecule has 1 aliphatic carbocycles. The van der Waals surface area contributed by atoms with Crippen LogP contribution in [0.2, 0.25) is 0 Å². The van der Waals surface area contributed by atoms with E-state index < -0.39 is 0 Å². The van der Waals surface area contributed by atoms with Crippen molar-refractivity contribution in [2.45, 2.75) is 51.2 Å². The predicted molar refractivity (Wildman–Crippen MR) is 68.5 cm³/mol. The van der Waals surface area contributed by atoms with Crippen LogP contribution in [0.5, 0.6) is 0 Å². The zero-order valence-corrected chi connectivity index (χ0v) is 11.0. The lowest BCUT2D eigenvalue weighted by Gasteiger charge is -2.35. The van der Waals surface area contributed by atoms with E-state index in [9.17, 15) is 0 Å². The van der Waals surface area contributed by atoms with Gasteiger partial charge in [0.05, 0.1) is 11.2 Å². The van der Waals surface area contributed by atoms with Crippen LogP contribution < -0.4 is 5.73 Å². The number of nitrogens with zero attached hydrogens (tertiary/aromatic N) is 2. The summed E-state index contributed by atoms with van der Waals surface area (Å²) in [6, 6.07) is 0.905. The van der Waals surface area contributed by atoms with Gasteiger partial charge in [0.2, 0.25) is 0 Å². The smallest absolute Gasteiger partial charge is 0.0798 e. The Balaban J connectivity index is 1.96. The molecular formula is C12H21N3S. The molecule has 1 saturated carbocycles. The second-order valence-corrected chi connectivity index (χ2v) is 5.73. The van der Waals surface area contributed by atoms with E-state index in [1.54, 1.807) is 11.3 Å². The topological polar surface area (TPSA) is 42.2 Å². The highest BCUT2D eigenvalue weighted by molar-refractivity contribution is 7.09. The molecule has 0 spiro atoms. The van der Waals surface area contributed by atoms with Crippen LogP contribution in [0, 0.1) is 6.92 Å². The van der Waals surface area contributed by atoms with Gasteiger partial charge in [0.1, 0.15) is 0 Å². The quantitative estimate of drug-likeness (QED) is 0.879. The maximum absolute atomic E-state index is 6.19. The first-order valence-electron chi connectivity index (χ1n) is 6.03. The van der Waals surface area contributed by atoms with Gasteiger partial charge in [-0.2, -0.15) is 0 Å². The third-order valence-corrected chi connectivity index (χ3v) is 4.51. The molecule has 16 heavy (non-hydrogen) atoms. The van der Waals surface area contributed by atoms with Crippen molar-refractivity contribution in [3.63, 3.8) is 0 Å². The van der Waals surface area contributed by atoms with Gasteiger partial charge in [-0.3, -0.25) is 4.90 Å². The molecule has 1 fully saturated rings. The van der Waals surface area contributed by atoms with E-state index in [1.165, 1.54) is 36.3 Å². The first-order chi connectivity index (χ1) is 7.68. The second-order valence-electron chi connectivity index (χ2n) is 4.79. The summed E-state index contributed by atoms with van der Waals surface area (Å²) in [7, 11) is 2.19. The van der Waals surface area contributed by atoms with E-state index in [1.807, 2.05) is 5.51 Å². The molecule has 0 radical (unpaired) electrons. The van der Waals surface area contributed by atoms with E-state index in [2.05, 4.69) is 23.9 Å². The number of likely N-dealkylation sites (N-methyl/N-ethyl adjacent to an activating group) is 1. The van der Waals surface area contributed by atoms with Gasteiger partial charge in [-0.1, -0.05) is 12.8 Å². The number of rotatable bonds is 3. The van der Waals surface area contributed by atoms with Crippen LogP contribution in [0.15, 0.2) is 5.51 Å². The molecule has 2 rings (SSSR count). The highest BCUT2D eigenvalue weighted by atomic mass is 32.1. The fourth-order valence-electron chi connectivity index (χ4n) is 2.51. The molecule has 2 atom stereocenters. The minimum Gasteiger partial charge on any atom is -0.326 e. The average Bonchev–Trinajstić information content (AvgIpc) is 2.65. The molecule has 90 valence electrons. The Kier molecular flexibility index (Phi) is 3.95. The summed E-state index contributed by atoms with van der Waals surface area (Å²) in [5.41, 5.74) is 9.29. The van der Waals surface area contributed by atoms with Crippen molar-refractivity contribution in [1.29, 1.82) is 0 Å². The lowest BCUT2D eigenvalue weighted by atomic mass is 9.90. The van der Waals surface area contributed by atoms with E-state index in [4.69, 9.17) is 5.73 Å². The first kappa shape index (κ1) is 12.0. The molecule has 0 bridgehead atoms. The van der Waals surface area contributed by atoms with Crippen LogP contribution in [-0.2, 0) is 6.54 Å². The van der Waals surface area contributed by atoms with Gasteiger partial charge >= 0.3 is 0 Å². The van der Waals surface area contributed by atoms with Crippen LogP contribution in [0.4, 0.5) is 0 Å². The first-order valence-corrected chi connectivity index (χ1v) is 6.91. The molecule has 2 N–H and O–H groups in total. The number of hydrogen-bond acceptors (Lipinski definition) is 4. The molecule has 0 saturated heterocycles. The summed E-state index contributed by atoms with van der Waals surface area (Å²) in [4.78, 5) is 8.08. The van der Waals surface area contributed by atoms with Crippen LogP contribution in [-0.4, -0.2) is 29.0 Å². The monoisotopic (exact) mass is 239 g/mol. The van der Waals surface area contributed by atoms with Crippen LogP contribution in [0.1, 0.15) is 36.3 Å². The Bertz CT molecular complexity index is 337. The number of aryl methyl sites for hydroxylation is 1. The minimum atomic E-state index is 0.354. The Morgan fingerprint density at radius 1 is 1.50 bits per heavy atom. The molecule has 4 heteroatoms. The van der Waals surface area contributed by atoms with Crippen molar-refractivity contribution < 1.29 is 0 Å². The zero-order valence-electron chi connectivity index (χ0n) is 10.1. The Hall–Kier alpha value is -0.450. The van der Waals surface area contributed by atoms with Crippen LogP contribution in [0.3, 0.4) is 0 Å². The Morgan fingerprint density at radius 2 is 2.25 bits per heavy atom. The molecular weight excluding hydrogens is 218 g/mol. The number of aromatic nitrogens is 1. The SMILES string of the molecule is Cc1ncsc1CN(C)C1CCCCC1N. The van der Waals surface area contributed by atoms with Crippen molar-refractivity contribution in [1.82, 2.24) is 9.88 Å². The van der Waals surface area contributed by atoms with Crippen LogP contribution >= 0.6 is 11.3 Å². The summed E-state index contributed by atoms with van der Waals surface area (Å²) in [6.07, 6.45) is 5.04. The van der Waals surface area contributed by atoms with Crippen molar-refractivity contribution >= 4 is 11.3 Å². The van der Waals surface area contributed by atoms with Gasteiger partial charge in [-0.05, 0) is 26.8 Å². The van der Waals surface area contributed by atoms with Crippen molar-refractivity contribution in [3.05, 3.63) is 16.1 Å². The van der Waals surface area contributed by atoms with Gasteiger partial charge in [0.15, 0.2) is 0 Å². The summed E-state index contributed by atoms with van der Waals surface area (Å²) in [5, 5.41) is 0. The largest absolute Gasteiger partial charge is 0.326 e. The summed E-state index contributed by atoms with van der Waals surface area (Å²) in [6.45, 7) is 3.08. The molecule has 1 heterocycles. The van der Waals surface area contributed by atoms with E-state index in [0.29, 0.717) is 12.1 Å². The highest BCUT2D eigenvalue weighted by Gasteiger charge is 2.25. The van der Waals surface area contributed by atoms with Crippen molar-refractivity contribution in [3.8, 4) is 0 Å². The Labute approximate surface area is 102 Å². The molecule has 2 unspecified atom stereocenters. The fourth-order valence-corrected chi connectivity index (χ4v) is 3.35. The summed E-state index contributed by atoms with van der Waals surface area (Å²) < 4.78 is 0. The number of nitrogens with two attached hydrogens (primary N) is 1. The normalized spacial score (nSPS) is 26.2. The van der Waals surface area contributed by atoms with E-state index in [0.717, 1.165) is 6.54 Å². The zero-order chi connectivity index (χ0) is 11.5. The average molecular weight is 239 g/mol. The molecule has 1 aliphatic rings.